The van der Waals surface area contributed by atoms with Gasteiger partial charge in [0.25, 0.3) is 5.91 Å². The van der Waals surface area contributed by atoms with Crippen molar-refractivity contribution >= 4 is 41.0 Å². The average Bonchev–Trinajstić information content (AvgIpc) is 3.49. The molecule has 3 amide bonds. The second-order valence-electron chi connectivity index (χ2n) is 10.6. The van der Waals surface area contributed by atoms with Crippen LogP contribution in [0.3, 0.4) is 0 Å². The highest BCUT2D eigenvalue weighted by Crippen LogP contribution is 2.40. The number of ether oxygens (including phenoxy) is 1. The highest BCUT2D eigenvalue weighted by molar-refractivity contribution is 6.04. The molecule has 2 aromatic rings. The number of hydrogen-bond donors (Lipinski definition) is 3. The minimum absolute atomic E-state index is 0.0641. The lowest BCUT2D eigenvalue weighted by Crippen LogP contribution is -2.55. The number of fused-ring (bicyclic) bond motifs is 1. The number of aromatic nitrogens is 2. The number of nitrogens with zero attached hydrogens (tertiary/aromatic N) is 5. The lowest BCUT2D eigenvalue weighted by Gasteiger charge is -2.43. The molecule has 0 radical (unpaired) electrons. The Morgan fingerprint density at radius 2 is 1.88 bits per heavy atom. The molecule has 12 heteroatoms. The summed E-state index contributed by atoms with van der Waals surface area (Å²) in [5.74, 6) is 1.41. The maximum Gasteiger partial charge on any atom is 0.407 e. The van der Waals surface area contributed by atoms with Gasteiger partial charge in [-0.05, 0) is 50.3 Å². The predicted octanol–water partition coefficient (Wildman–Crippen LogP) is 3.61. The fourth-order valence-corrected chi connectivity index (χ4v) is 5.98. The molecule has 2 fully saturated rings. The van der Waals surface area contributed by atoms with Crippen molar-refractivity contribution < 1.29 is 24.2 Å². The predicted molar refractivity (Wildman–Crippen MR) is 151 cm³/mol. The Hall–Kier alpha value is -4.09. The highest BCUT2D eigenvalue weighted by atomic mass is 16.5. The summed E-state index contributed by atoms with van der Waals surface area (Å²) >= 11 is 0. The summed E-state index contributed by atoms with van der Waals surface area (Å²) in [6, 6.07) is 5.04. The van der Waals surface area contributed by atoms with E-state index in [4.69, 9.17) is 14.8 Å². The third-order valence-electron chi connectivity index (χ3n) is 8.22. The number of carbonyl (C=O) groups excluding carboxylic acids is 2. The van der Waals surface area contributed by atoms with Crippen LogP contribution in [-0.4, -0.2) is 83.3 Å². The maximum absolute atomic E-state index is 13.1. The second kappa shape index (κ2) is 11.6. The van der Waals surface area contributed by atoms with Crippen LogP contribution in [0.25, 0.3) is 0 Å². The second-order valence-corrected chi connectivity index (χ2v) is 10.6. The first-order valence-corrected chi connectivity index (χ1v) is 14.0. The summed E-state index contributed by atoms with van der Waals surface area (Å²) in [6.07, 6.45) is 6.95. The third kappa shape index (κ3) is 5.34. The first kappa shape index (κ1) is 27.5. The smallest absolute Gasteiger partial charge is 0.407 e. The van der Waals surface area contributed by atoms with Gasteiger partial charge in [0, 0.05) is 37.8 Å². The zero-order valence-electron chi connectivity index (χ0n) is 23.2. The van der Waals surface area contributed by atoms with E-state index in [2.05, 4.69) is 20.5 Å². The van der Waals surface area contributed by atoms with Crippen LogP contribution in [0.5, 0.6) is 5.75 Å². The first-order valence-electron chi connectivity index (χ1n) is 14.0. The average molecular weight is 552 g/mol. The molecular weight excluding hydrogens is 514 g/mol. The van der Waals surface area contributed by atoms with Crippen molar-refractivity contribution in [3.05, 3.63) is 30.0 Å². The molecule has 1 aliphatic carbocycles. The molecule has 1 saturated carbocycles. The Bertz CT molecular complexity index is 1270. The van der Waals surface area contributed by atoms with Crippen LogP contribution in [0.4, 0.5) is 27.9 Å². The normalized spacial score (nSPS) is 19.9. The van der Waals surface area contributed by atoms with Crippen LogP contribution >= 0.6 is 0 Å². The number of likely N-dealkylation sites (N-methyl/N-ethyl adjacent to an activating group) is 1. The number of amides is 3. The monoisotopic (exact) mass is 551 g/mol. The molecule has 3 heterocycles. The van der Waals surface area contributed by atoms with E-state index in [1.807, 2.05) is 6.92 Å². The number of likely N-dealkylation sites (tertiary alicyclic amines) is 1. The summed E-state index contributed by atoms with van der Waals surface area (Å²) in [7, 11) is 3.31. The summed E-state index contributed by atoms with van der Waals surface area (Å²) in [5, 5.41) is 15.4. The van der Waals surface area contributed by atoms with E-state index >= 15 is 0 Å². The van der Waals surface area contributed by atoms with Gasteiger partial charge in [-0.2, -0.15) is 4.98 Å². The van der Waals surface area contributed by atoms with Gasteiger partial charge in [0.05, 0.1) is 19.0 Å². The van der Waals surface area contributed by atoms with Crippen LogP contribution < -0.4 is 25.2 Å². The van der Waals surface area contributed by atoms with Crippen LogP contribution in [-0.2, 0) is 4.79 Å². The van der Waals surface area contributed by atoms with E-state index in [1.165, 1.54) is 12.0 Å². The van der Waals surface area contributed by atoms with Gasteiger partial charge in [0.15, 0.2) is 5.82 Å². The first-order chi connectivity index (χ1) is 19.3. The molecule has 214 valence electrons. The van der Waals surface area contributed by atoms with Gasteiger partial charge in [0.1, 0.15) is 17.5 Å². The molecule has 1 aromatic carbocycles. The van der Waals surface area contributed by atoms with Crippen molar-refractivity contribution in [1.82, 2.24) is 20.2 Å². The molecule has 1 aromatic heterocycles. The molecule has 12 nitrogen and oxygen atoms in total. The van der Waals surface area contributed by atoms with Crippen LogP contribution in [0.2, 0.25) is 0 Å². The SMILES string of the molecule is CC[C@@H]1C(=O)N(C)c2cnc(Nc3ccc(C(=O)NC4CCN(C(=O)O)CC4)cc3OC)nc2N1C1CCCC1. The van der Waals surface area contributed by atoms with Gasteiger partial charge >= 0.3 is 6.09 Å². The molecular formula is C28H37N7O5. The van der Waals surface area contributed by atoms with Gasteiger partial charge in [0.2, 0.25) is 11.9 Å². The van der Waals surface area contributed by atoms with E-state index < -0.39 is 6.09 Å². The van der Waals surface area contributed by atoms with Crippen LogP contribution in [0.1, 0.15) is 62.2 Å². The molecule has 1 saturated heterocycles. The standard InChI is InChI=1S/C28H37N7O5/c1-4-21-26(37)33(2)22-16-29-27(32-24(22)35(21)19-7-5-6-8-19)31-20-10-9-17(15-23(20)40-3)25(36)30-18-11-13-34(14-12-18)28(38)39/h9-10,15-16,18-19,21H,4-8,11-14H2,1-3H3,(H,30,36)(H,38,39)(H,29,31,32)/t21-/m1/s1. The zero-order chi connectivity index (χ0) is 28.4. The van der Waals surface area contributed by atoms with Crippen molar-refractivity contribution in [3.63, 3.8) is 0 Å². The molecule has 0 unspecified atom stereocenters. The molecule has 3 N–H and O–H groups in total. The summed E-state index contributed by atoms with van der Waals surface area (Å²) in [6.45, 7) is 2.83. The van der Waals surface area contributed by atoms with E-state index in [0.29, 0.717) is 61.0 Å². The zero-order valence-corrected chi connectivity index (χ0v) is 23.2. The minimum Gasteiger partial charge on any atom is -0.495 e. The van der Waals surface area contributed by atoms with Crippen molar-refractivity contribution in [2.45, 2.75) is 70.0 Å². The van der Waals surface area contributed by atoms with Crippen molar-refractivity contribution in [3.8, 4) is 5.75 Å². The summed E-state index contributed by atoms with van der Waals surface area (Å²) in [5.41, 5.74) is 1.74. The van der Waals surface area contributed by atoms with Gasteiger partial charge in [-0.15, -0.1) is 0 Å². The number of carboxylic acid groups (broad SMARTS) is 1. The van der Waals surface area contributed by atoms with Gasteiger partial charge in [-0.3, -0.25) is 9.59 Å². The van der Waals surface area contributed by atoms with E-state index in [9.17, 15) is 14.4 Å². The molecule has 2 aliphatic heterocycles. The summed E-state index contributed by atoms with van der Waals surface area (Å²) < 4.78 is 5.59. The van der Waals surface area contributed by atoms with Gasteiger partial charge in [-0.1, -0.05) is 19.8 Å². The molecule has 40 heavy (non-hydrogen) atoms. The Kier molecular flexibility index (Phi) is 7.95. The van der Waals surface area contributed by atoms with Gasteiger partial charge in [-0.25, -0.2) is 9.78 Å². The topological polar surface area (TPSA) is 140 Å². The van der Waals surface area contributed by atoms with E-state index in [-0.39, 0.29) is 29.9 Å². The lowest BCUT2D eigenvalue weighted by molar-refractivity contribution is -0.120. The lowest BCUT2D eigenvalue weighted by atomic mass is 10.0. The van der Waals surface area contributed by atoms with E-state index in [1.54, 1.807) is 36.3 Å². The maximum atomic E-state index is 13.1. The Morgan fingerprint density at radius 1 is 1.15 bits per heavy atom. The summed E-state index contributed by atoms with van der Waals surface area (Å²) in [4.78, 5) is 51.8. The van der Waals surface area contributed by atoms with Crippen molar-refractivity contribution in [2.24, 2.45) is 0 Å². The largest absolute Gasteiger partial charge is 0.495 e. The van der Waals surface area contributed by atoms with Crippen LogP contribution in [0.15, 0.2) is 24.4 Å². The fourth-order valence-electron chi connectivity index (χ4n) is 5.98. The molecule has 1 atom stereocenters. The fraction of sp³-hybridized carbons (Fsp3) is 0.536. The Morgan fingerprint density at radius 3 is 2.52 bits per heavy atom. The Labute approximate surface area is 233 Å². The number of anilines is 4. The number of hydrogen-bond acceptors (Lipinski definition) is 8. The van der Waals surface area contributed by atoms with Crippen LogP contribution in [0, 0.1) is 0 Å². The highest BCUT2D eigenvalue weighted by Gasteiger charge is 2.41. The third-order valence-corrected chi connectivity index (χ3v) is 8.22. The number of nitrogens with one attached hydrogen (secondary N) is 2. The number of benzene rings is 1. The Balaban J connectivity index is 1.34. The molecule has 3 aliphatic rings. The van der Waals surface area contributed by atoms with Gasteiger partial charge < -0.3 is 35.2 Å². The number of rotatable bonds is 7. The molecule has 5 rings (SSSR count). The number of piperidine rings is 1. The number of carbonyl (C=O) groups is 3. The minimum atomic E-state index is -0.933. The van der Waals surface area contributed by atoms with Crippen molar-refractivity contribution in [2.75, 3.05) is 42.4 Å². The quantitative estimate of drug-likeness (QED) is 0.471. The molecule has 0 spiro atoms. The van der Waals surface area contributed by atoms with E-state index in [0.717, 1.165) is 31.5 Å². The molecule has 0 bridgehead atoms. The number of methoxy groups -OCH3 is 1. The van der Waals surface area contributed by atoms with Crippen molar-refractivity contribution in [1.29, 1.82) is 0 Å².